The number of hydrogen-bond acceptors (Lipinski definition) is 4. The van der Waals surface area contributed by atoms with Crippen molar-refractivity contribution in [1.29, 1.82) is 0 Å². The Labute approximate surface area is 146 Å². The number of aliphatic hydroxyl groups is 1. The van der Waals surface area contributed by atoms with E-state index in [0.717, 1.165) is 24.8 Å². The molecule has 25 heavy (non-hydrogen) atoms. The maximum atomic E-state index is 12.1. The van der Waals surface area contributed by atoms with Gasteiger partial charge >= 0.3 is 5.97 Å². The fraction of sp³-hybridized carbons (Fsp3) is 0.300. The number of aryl methyl sites for hydroxylation is 1. The Balaban J connectivity index is 1.53. The van der Waals surface area contributed by atoms with Crippen molar-refractivity contribution >= 4 is 11.9 Å². The normalized spacial score (nSPS) is 17.2. The Morgan fingerprint density at radius 2 is 1.84 bits per heavy atom. The zero-order valence-electron chi connectivity index (χ0n) is 13.9. The molecule has 5 heteroatoms. The lowest BCUT2D eigenvalue weighted by molar-refractivity contribution is -0.157. The molecule has 0 radical (unpaired) electrons. The average Bonchev–Trinajstić information content (AvgIpc) is 2.66. The molecule has 0 saturated carbocycles. The smallest absolute Gasteiger partial charge is 0.340 e. The third kappa shape index (κ3) is 4.25. The van der Waals surface area contributed by atoms with Crippen LogP contribution in [0.2, 0.25) is 0 Å². The number of carbonyl (C=O) groups is 2. The first-order chi connectivity index (χ1) is 12.1. The van der Waals surface area contributed by atoms with Crippen molar-refractivity contribution in [3.8, 4) is 0 Å². The highest BCUT2D eigenvalue weighted by atomic mass is 16.5. The molecule has 1 amide bonds. The molecule has 0 spiro atoms. The molecule has 2 aromatic carbocycles. The van der Waals surface area contributed by atoms with Gasteiger partial charge in [0.1, 0.15) is 0 Å². The van der Waals surface area contributed by atoms with Gasteiger partial charge in [0, 0.05) is 0 Å². The number of fused-ring (bicyclic) bond motifs is 1. The van der Waals surface area contributed by atoms with Gasteiger partial charge in [-0.2, -0.15) is 0 Å². The third-order valence-corrected chi connectivity index (χ3v) is 4.39. The lowest BCUT2D eigenvalue weighted by Gasteiger charge is -2.26. The van der Waals surface area contributed by atoms with E-state index in [9.17, 15) is 14.7 Å². The van der Waals surface area contributed by atoms with Gasteiger partial charge in [0.05, 0.1) is 6.04 Å². The minimum atomic E-state index is -1.38. The molecule has 2 aromatic rings. The van der Waals surface area contributed by atoms with Gasteiger partial charge in [0.25, 0.3) is 5.91 Å². The molecule has 0 fully saturated rings. The highest BCUT2D eigenvalue weighted by molar-refractivity contribution is 5.82. The second-order valence-electron chi connectivity index (χ2n) is 6.13. The lowest BCUT2D eigenvalue weighted by atomic mass is 9.88. The van der Waals surface area contributed by atoms with Crippen molar-refractivity contribution in [3.63, 3.8) is 0 Å². The Hall–Kier alpha value is -2.66. The molecule has 0 bridgehead atoms. The van der Waals surface area contributed by atoms with Crippen LogP contribution in [0.25, 0.3) is 0 Å². The van der Waals surface area contributed by atoms with E-state index in [1.54, 1.807) is 30.3 Å². The number of hydrogen-bond donors (Lipinski definition) is 2. The molecule has 1 aliphatic rings. The predicted octanol–water partition coefficient (Wildman–Crippen LogP) is 2.46. The first kappa shape index (κ1) is 17.2. The number of aliphatic hydroxyl groups excluding tert-OH is 1. The van der Waals surface area contributed by atoms with Crippen LogP contribution in [0.1, 0.15) is 41.7 Å². The summed E-state index contributed by atoms with van der Waals surface area (Å²) in [5.74, 6) is -1.19. The van der Waals surface area contributed by atoms with Crippen molar-refractivity contribution in [1.82, 2.24) is 5.32 Å². The van der Waals surface area contributed by atoms with Crippen molar-refractivity contribution < 1.29 is 19.4 Å². The van der Waals surface area contributed by atoms with Crippen molar-refractivity contribution in [2.24, 2.45) is 0 Å². The van der Waals surface area contributed by atoms with Gasteiger partial charge in [-0.15, -0.1) is 0 Å². The second-order valence-corrected chi connectivity index (χ2v) is 6.13. The number of ether oxygens (including phenoxy) is 1. The Bertz CT molecular complexity index is 744. The summed E-state index contributed by atoms with van der Waals surface area (Å²) in [5, 5.41) is 12.9. The van der Waals surface area contributed by atoms with Gasteiger partial charge in [-0.25, -0.2) is 4.79 Å². The molecule has 2 N–H and O–H groups in total. The maximum Gasteiger partial charge on any atom is 0.340 e. The van der Waals surface area contributed by atoms with Gasteiger partial charge in [-0.05, 0) is 36.0 Å². The number of benzene rings is 2. The average molecular weight is 339 g/mol. The fourth-order valence-electron chi connectivity index (χ4n) is 3.13. The van der Waals surface area contributed by atoms with Crippen LogP contribution in [0.4, 0.5) is 0 Å². The molecule has 0 saturated heterocycles. The molecule has 0 aliphatic heterocycles. The fourth-order valence-corrected chi connectivity index (χ4v) is 3.13. The summed E-state index contributed by atoms with van der Waals surface area (Å²) in [4.78, 5) is 24.0. The Morgan fingerprint density at radius 1 is 1.12 bits per heavy atom. The van der Waals surface area contributed by atoms with E-state index in [1.807, 2.05) is 18.2 Å². The molecular weight excluding hydrogens is 318 g/mol. The number of rotatable bonds is 5. The molecule has 0 aromatic heterocycles. The maximum absolute atomic E-state index is 12.1. The molecule has 130 valence electrons. The van der Waals surface area contributed by atoms with Crippen molar-refractivity contribution in [3.05, 3.63) is 71.3 Å². The number of esters is 1. The van der Waals surface area contributed by atoms with E-state index in [2.05, 4.69) is 11.4 Å². The van der Waals surface area contributed by atoms with Crippen LogP contribution in [0.3, 0.4) is 0 Å². The zero-order valence-corrected chi connectivity index (χ0v) is 13.9. The van der Waals surface area contributed by atoms with Crippen molar-refractivity contribution in [2.45, 2.75) is 31.4 Å². The van der Waals surface area contributed by atoms with E-state index in [-0.39, 0.29) is 11.9 Å². The topological polar surface area (TPSA) is 75.6 Å². The summed E-state index contributed by atoms with van der Waals surface area (Å²) < 4.78 is 4.95. The molecule has 5 nitrogen and oxygen atoms in total. The van der Waals surface area contributed by atoms with E-state index in [0.29, 0.717) is 5.56 Å². The van der Waals surface area contributed by atoms with E-state index in [4.69, 9.17) is 4.74 Å². The van der Waals surface area contributed by atoms with Gasteiger partial charge < -0.3 is 15.2 Å². The van der Waals surface area contributed by atoms with Gasteiger partial charge in [0.2, 0.25) is 0 Å². The molecule has 3 rings (SSSR count). The highest BCUT2D eigenvalue weighted by Crippen LogP contribution is 2.29. The number of carbonyl (C=O) groups excluding carboxylic acids is 2. The zero-order chi connectivity index (χ0) is 17.6. The van der Waals surface area contributed by atoms with Crippen LogP contribution in [0.15, 0.2) is 54.6 Å². The van der Waals surface area contributed by atoms with Gasteiger partial charge in [-0.1, -0.05) is 54.6 Å². The quantitative estimate of drug-likeness (QED) is 0.821. The minimum absolute atomic E-state index is 0.0600. The lowest BCUT2D eigenvalue weighted by Crippen LogP contribution is -2.34. The number of amides is 1. The SMILES string of the molecule is O=C(COC(=O)[C@@H](O)c1ccccc1)N[C@@H]1CCCc2ccccc21. The van der Waals surface area contributed by atoms with Gasteiger partial charge in [-0.3, -0.25) is 4.79 Å². The minimum Gasteiger partial charge on any atom is -0.453 e. The third-order valence-electron chi connectivity index (χ3n) is 4.39. The van der Waals surface area contributed by atoms with E-state index < -0.39 is 18.7 Å². The summed E-state index contributed by atoms with van der Waals surface area (Å²) in [6, 6.07) is 16.5. The van der Waals surface area contributed by atoms with Crippen molar-refractivity contribution in [2.75, 3.05) is 6.61 Å². The molecule has 0 heterocycles. The molecular formula is C20H21NO4. The van der Waals surface area contributed by atoms with Crippen LogP contribution >= 0.6 is 0 Å². The van der Waals surface area contributed by atoms with Crippen LogP contribution < -0.4 is 5.32 Å². The van der Waals surface area contributed by atoms with Crippen LogP contribution in [-0.2, 0) is 20.7 Å². The first-order valence-corrected chi connectivity index (χ1v) is 8.42. The summed E-state index contributed by atoms with van der Waals surface area (Å²) >= 11 is 0. The van der Waals surface area contributed by atoms with Crippen LogP contribution in [0.5, 0.6) is 0 Å². The summed E-state index contributed by atoms with van der Waals surface area (Å²) in [6.07, 6.45) is 1.50. The highest BCUT2D eigenvalue weighted by Gasteiger charge is 2.23. The summed E-state index contributed by atoms with van der Waals surface area (Å²) in [7, 11) is 0. The predicted molar refractivity (Wildman–Crippen MR) is 92.6 cm³/mol. The standard InChI is InChI=1S/C20H21NO4/c22-18(13-25-20(24)19(23)15-8-2-1-3-9-15)21-17-12-6-10-14-7-4-5-11-16(14)17/h1-5,7-9,11,17,19,23H,6,10,12-13H2,(H,21,22)/t17-,19+/m1/s1. The first-order valence-electron chi connectivity index (χ1n) is 8.42. The molecule has 2 atom stereocenters. The van der Waals surface area contributed by atoms with Crippen LogP contribution in [0, 0.1) is 0 Å². The Morgan fingerprint density at radius 3 is 2.64 bits per heavy atom. The summed E-state index contributed by atoms with van der Waals surface area (Å²) in [6.45, 7) is -0.401. The molecule has 0 unspecified atom stereocenters. The van der Waals surface area contributed by atoms with E-state index in [1.165, 1.54) is 5.56 Å². The van der Waals surface area contributed by atoms with Crippen LogP contribution in [-0.4, -0.2) is 23.6 Å². The number of nitrogens with one attached hydrogen (secondary N) is 1. The Kier molecular flexibility index (Phi) is 5.46. The molecule has 1 aliphatic carbocycles. The monoisotopic (exact) mass is 339 g/mol. The summed E-state index contributed by atoms with van der Waals surface area (Å²) in [5.41, 5.74) is 2.81. The largest absolute Gasteiger partial charge is 0.453 e. The van der Waals surface area contributed by atoms with E-state index >= 15 is 0 Å². The van der Waals surface area contributed by atoms with Gasteiger partial charge in [0.15, 0.2) is 12.7 Å². The second kappa shape index (κ2) is 7.94.